The van der Waals surface area contributed by atoms with E-state index in [9.17, 15) is 10.1 Å². The van der Waals surface area contributed by atoms with Gasteiger partial charge in [-0.3, -0.25) is 19.9 Å². The molecule has 0 spiro atoms. The van der Waals surface area contributed by atoms with Gasteiger partial charge in [0.05, 0.1) is 18.1 Å². The maximum absolute atomic E-state index is 11.1. The Balaban J connectivity index is 1.28. The largest absolute Gasteiger partial charge is 0.484 e. The molecule has 0 aromatic heterocycles. The first kappa shape index (κ1) is 21.2. The highest BCUT2D eigenvalue weighted by atomic mass is 16.6. The van der Waals surface area contributed by atoms with Crippen LogP contribution in [0.3, 0.4) is 0 Å². The molecule has 0 radical (unpaired) electrons. The van der Waals surface area contributed by atoms with E-state index in [-0.39, 0.29) is 5.69 Å². The summed E-state index contributed by atoms with van der Waals surface area (Å²) in [5, 5.41) is 11.1. The van der Waals surface area contributed by atoms with E-state index >= 15 is 0 Å². The van der Waals surface area contributed by atoms with Crippen LogP contribution in [0.15, 0.2) is 48.5 Å². The summed E-state index contributed by atoms with van der Waals surface area (Å²) in [5.74, 6) is 0.299. The predicted molar refractivity (Wildman–Crippen MR) is 112 cm³/mol. The van der Waals surface area contributed by atoms with Gasteiger partial charge in [0.1, 0.15) is 6.61 Å². The van der Waals surface area contributed by atoms with Crippen LogP contribution in [0.4, 0.5) is 5.69 Å². The summed E-state index contributed by atoms with van der Waals surface area (Å²) in [6.45, 7) is 9.35. The summed E-state index contributed by atoms with van der Waals surface area (Å²) in [4.78, 5) is 15.5. The molecule has 0 atom stereocenters. The van der Waals surface area contributed by atoms with Crippen molar-refractivity contribution in [2.45, 2.75) is 13.5 Å². The van der Waals surface area contributed by atoms with Crippen LogP contribution in [0.2, 0.25) is 0 Å². The lowest BCUT2D eigenvalue weighted by Gasteiger charge is -2.34. The van der Waals surface area contributed by atoms with Crippen molar-refractivity contribution in [3.05, 3.63) is 69.8 Å². The highest BCUT2D eigenvalue weighted by Crippen LogP contribution is 2.27. The minimum Gasteiger partial charge on any atom is -0.484 e. The third-order valence-corrected chi connectivity index (χ3v) is 5.06. The first-order valence-corrected chi connectivity index (χ1v) is 10.1. The Morgan fingerprint density at radius 2 is 1.69 bits per heavy atom. The summed E-state index contributed by atoms with van der Waals surface area (Å²) in [7, 11) is 0. The maximum Gasteiger partial charge on any atom is 0.310 e. The van der Waals surface area contributed by atoms with Crippen LogP contribution in [-0.4, -0.2) is 67.3 Å². The van der Waals surface area contributed by atoms with Crippen LogP contribution < -0.4 is 4.74 Å². The number of ether oxygens (including phenoxy) is 2. The van der Waals surface area contributed by atoms with Gasteiger partial charge in [0, 0.05) is 45.3 Å². The molecule has 7 nitrogen and oxygen atoms in total. The number of hydrogen-bond donors (Lipinski definition) is 0. The van der Waals surface area contributed by atoms with E-state index in [0.29, 0.717) is 25.6 Å². The van der Waals surface area contributed by atoms with E-state index in [4.69, 9.17) is 9.47 Å². The number of nitro groups is 1. The Labute approximate surface area is 172 Å². The number of benzene rings is 2. The van der Waals surface area contributed by atoms with Crippen molar-refractivity contribution in [2.24, 2.45) is 0 Å². The van der Waals surface area contributed by atoms with E-state index in [2.05, 4.69) is 40.1 Å². The van der Waals surface area contributed by atoms with Gasteiger partial charge in [-0.1, -0.05) is 36.4 Å². The smallest absolute Gasteiger partial charge is 0.310 e. The molecule has 7 heteroatoms. The van der Waals surface area contributed by atoms with Gasteiger partial charge in [0.2, 0.25) is 0 Å². The molecular formula is C22H29N3O4. The maximum atomic E-state index is 11.1. The van der Waals surface area contributed by atoms with Gasteiger partial charge < -0.3 is 9.47 Å². The monoisotopic (exact) mass is 399 g/mol. The second kappa shape index (κ2) is 10.9. The molecule has 3 rings (SSSR count). The minimum atomic E-state index is -0.424. The van der Waals surface area contributed by atoms with Crippen molar-refractivity contribution >= 4 is 5.69 Å². The SMILES string of the molecule is Cc1ccc([N+](=O)[O-])c(OCCOCCN2CCN(Cc3ccccc3)CC2)c1. The first-order valence-electron chi connectivity index (χ1n) is 10.1. The summed E-state index contributed by atoms with van der Waals surface area (Å²) in [6, 6.07) is 15.4. The third-order valence-electron chi connectivity index (χ3n) is 5.06. The number of nitrogens with zero attached hydrogens (tertiary/aromatic N) is 3. The predicted octanol–water partition coefficient (Wildman–Crippen LogP) is 3.12. The fourth-order valence-electron chi connectivity index (χ4n) is 3.41. The van der Waals surface area contributed by atoms with Crippen molar-refractivity contribution in [3.8, 4) is 5.75 Å². The van der Waals surface area contributed by atoms with E-state index in [1.165, 1.54) is 11.6 Å². The van der Waals surface area contributed by atoms with Crippen molar-refractivity contribution in [1.29, 1.82) is 0 Å². The van der Waals surface area contributed by atoms with Gasteiger partial charge in [-0.2, -0.15) is 0 Å². The molecule has 0 amide bonds. The first-order chi connectivity index (χ1) is 14.1. The molecule has 1 fully saturated rings. The molecule has 0 N–H and O–H groups in total. The molecule has 156 valence electrons. The van der Waals surface area contributed by atoms with Gasteiger partial charge in [0.25, 0.3) is 0 Å². The van der Waals surface area contributed by atoms with Crippen LogP contribution >= 0.6 is 0 Å². The van der Waals surface area contributed by atoms with Gasteiger partial charge in [0.15, 0.2) is 5.75 Å². The lowest BCUT2D eigenvalue weighted by Crippen LogP contribution is -2.46. The molecule has 1 heterocycles. The molecule has 0 saturated carbocycles. The van der Waals surface area contributed by atoms with Crippen molar-refractivity contribution < 1.29 is 14.4 Å². The summed E-state index contributed by atoms with van der Waals surface area (Å²) >= 11 is 0. The Morgan fingerprint density at radius 1 is 0.966 bits per heavy atom. The van der Waals surface area contributed by atoms with E-state index in [1.54, 1.807) is 12.1 Å². The molecule has 29 heavy (non-hydrogen) atoms. The second-order valence-corrected chi connectivity index (χ2v) is 7.29. The third kappa shape index (κ3) is 6.81. The standard InChI is InChI=1S/C22H29N3O4/c1-19-7-8-21(25(26)27)22(17-19)29-16-15-28-14-13-23-9-11-24(12-10-23)18-20-5-3-2-4-6-20/h2-8,17H,9-16,18H2,1H3. The van der Waals surface area contributed by atoms with Crippen LogP contribution in [0.25, 0.3) is 0 Å². The van der Waals surface area contributed by atoms with E-state index in [0.717, 1.165) is 44.8 Å². The lowest BCUT2D eigenvalue weighted by atomic mass is 10.2. The van der Waals surface area contributed by atoms with E-state index in [1.807, 2.05) is 6.92 Å². The van der Waals surface area contributed by atoms with Crippen LogP contribution in [0.1, 0.15) is 11.1 Å². The molecule has 1 saturated heterocycles. The normalized spacial score (nSPS) is 15.3. The molecule has 2 aromatic carbocycles. The molecule has 2 aromatic rings. The highest BCUT2D eigenvalue weighted by Gasteiger charge is 2.17. The van der Waals surface area contributed by atoms with E-state index < -0.39 is 4.92 Å². The Morgan fingerprint density at radius 3 is 2.41 bits per heavy atom. The van der Waals surface area contributed by atoms with Crippen LogP contribution in [-0.2, 0) is 11.3 Å². The van der Waals surface area contributed by atoms with Gasteiger partial charge >= 0.3 is 5.69 Å². The molecular weight excluding hydrogens is 370 g/mol. The fraction of sp³-hybridized carbons (Fsp3) is 0.455. The summed E-state index contributed by atoms with van der Waals surface area (Å²) in [6.07, 6.45) is 0. The quantitative estimate of drug-likeness (QED) is 0.347. The zero-order valence-electron chi connectivity index (χ0n) is 17.0. The number of piperazine rings is 1. The van der Waals surface area contributed by atoms with Gasteiger partial charge in [-0.05, 0) is 24.1 Å². The number of hydrogen-bond acceptors (Lipinski definition) is 6. The van der Waals surface area contributed by atoms with Crippen molar-refractivity contribution in [1.82, 2.24) is 9.80 Å². The minimum absolute atomic E-state index is 0.0102. The zero-order valence-corrected chi connectivity index (χ0v) is 17.0. The highest BCUT2D eigenvalue weighted by molar-refractivity contribution is 5.48. The average Bonchev–Trinajstić information content (AvgIpc) is 2.72. The molecule has 0 unspecified atom stereocenters. The van der Waals surface area contributed by atoms with Gasteiger partial charge in [-0.25, -0.2) is 0 Å². The molecule has 0 bridgehead atoms. The molecule has 0 aliphatic carbocycles. The Bertz CT molecular complexity index is 777. The van der Waals surface area contributed by atoms with Crippen molar-refractivity contribution in [2.75, 3.05) is 52.5 Å². The number of rotatable bonds is 10. The number of nitro benzene ring substituents is 1. The van der Waals surface area contributed by atoms with Crippen LogP contribution in [0.5, 0.6) is 5.75 Å². The Kier molecular flexibility index (Phi) is 7.98. The fourth-order valence-corrected chi connectivity index (χ4v) is 3.41. The summed E-state index contributed by atoms with van der Waals surface area (Å²) in [5.41, 5.74) is 2.28. The lowest BCUT2D eigenvalue weighted by molar-refractivity contribution is -0.385. The zero-order chi connectivity index (χ0) is 20.5. The topological polar surface area (TPSA) is 68.1 Å². The number of aryl methyl sites for hydroxylation is 1. The Hall–Kier alpha value is -2.48. The van der Waals surface area contributed by atoms with Crippen molar-refractivity contribution in [3.63, 3.8) is 0 Å². The molecule has 1 aliphatic heterocycles. The second-order valence-electron chi connectivity index (χ2n) is 7.29. The van der Waals surface area contributed by atoms with Gasteiger partial charge in [-0.15, -0.1) is 0 Å². The molecule has 1 aliphatic rings. The van der Waals surface area contributed by atoms with Crippen LogP contribution in [0, 0.1) is 17.0 Å². The summed E-state index contributed by atoms with van der Waals surface area (Å²) < 4.78 is 11.2. The average molecular weight is 399 g/mol.